The van der Waals surface area contributed by atoms with Crippen LogP contribution in [0.3, 0.4) is 0 Å². The second-order valence-corrected chi connectivity index (χ2v) is 9.51. The van der Waals surface area contributed by atoms with E-state index in [0.717, 1.165) is 16.9 Å². The predicted molar refractivity (Wildman–Crippen MR) is 143 cm³/mol. The number of nitrogens with zero attached hydrogens (tertiary/aromatic N) is 2. The molecule has 172 valence electrons. The van der Waals surface area contributed by atoms with Crippen molar-refractivity contribution in [2.45, 2.75) is 6.61 Å². The van der Waals surface area contributed by atoms with E-state index in [1.54, 1.807) is 12.1 Å². The monoisotopic (exact) mass is 498 g/mol. The molecular weight excluding hydrogens is 480 g/mol. The van der Waals surface area contributed by atoms with Gasteiger partial charge in [0.1, 0.15) is 12.4 Å². The summed E-state index contributed by atoms with van der Waals surface area (Å²) in [4.78, 5) is 25.3. The van der Waals surface area contributed by atoms with E-state index >= 15 is 0 Å². The summed E-state index contributed by atoms with van der Waals surface area (Å²) in [6.07, 6.45) is 1.75. The molecule has 0 bridgehead atoms. The largest absolute Gasteiger partial charge is 0.489 e. The maximum Gasteiger partial charge on any atom is 0.271 e. The Morgan fingerprint density at radius 1 is 0.943 bits per heavy atom. The van der Waals surface area contributed by atoms with Gasteiger partial charge >= 0.3 is 0 Å². The van der Waals surface area contributed by atoms with Crippen LogP contribution in [0.25, 0.3) is 16.8 Å². The minimum atomic E-state index is -0.499. The molecule has 0 aliphatic carbocycles. The summed E-state index contributed by atoms with van der Waals surface area (Å²) in [5.74, 6) is 0.414. The Labute approximate surface area is 211 Å². The molecular formula is C27H18N2O4S2. The van der Waals surface area contributed by atoms with Gasteiger partial charge in [0.2, 0.25) is 0 Å². The van der Waals surface area contributed by atoms with Crippen molar-refractivity contribution in [3.8, 4) is 5.75 Å². The molecule has 35 heavy (non-hydrogen) atoms. The lowest BCUT2D eigenvalue weighted by Crippen LogP contribution is -2.27. The average molecular weight is 499 g/mol. The van der Waals surface area contributed by atoms with Crippen molar-refractivity contribution in [1.82, 2.24) is 0 Å². The Morgan fingerprint density at radius 2 is 1.71 bits per heavy atom. The first kappa shape index (κ1) is 22.8. The zero-order valence-electron chi connectivity index (χ0n) is 18.3. The molecule has 0 aromatic heterocycles. The smallest absolute Gasteiger partial charge is 0.271 e. The fourth-order valence-electron chi connectivity index (χ4n) is 3.74. The van der Waals surface area contributed by atoms with E-state index in [9.17, 15) is 14.9 Å². The van der Waals surface area contributed by atoms with Crippen molar-refractivity contribution >= 4 is 62.4 Å². The molecule has 1 heterocycles. The van der Waals surface area contributed by atoms with Gasteiger partial charge in [-0.1, -0.05) is 78.6 Å². The molecule has 4 aromatic carbocycles. The summed E-state index contributed by atoms with van der Waals surface area (Å²) < 4.78 is 6.26. The number of hydrogen-bond donors (Lipinski definition) is 0. The number of ether oxygens (including phenoxy) is 1. The molecule has 0 radical (unpaired) electrons. The topological polar surface area (TPSA) is 72.7 Å². The molecule has 0 spiro atoms. The number of nitro groups is 1. The molecule has 0 saturated carbocycles. The highest BCUT2D eigenvalue weighted by Gasteiger charge is 2.33. The van der Waals surface area contributed by atoms with Crippen molar-refractivity contribution in [2.75, 3.05) is 4.90 Å². The van der Waals surface area contributed by atoms with Crippen LogP contribution in [-0.2, 0) is 11.4 Å². The molecule has 4 aromatic rings. The van der Waals surface area contributed by atoms with Crippen LogP contribution in [0.15, 0.2) is 95.9 Å². The van der Waals surface area contributed by atoms with Crippen molar-refractivity contribution in [2.24, 2.45) is 0 Å². The summed E-state index contributed by atoms with van der Waals surface area (Å²) in [6, 6.07) is 27.8. The Bertz CT molecular complexity index is 1500. The molecule has 1 aliphatic rings. The Morgan fingerprint density at radius 3 is 2.49 bits per heavy atom. The Hall–Kier alpha value is -4.01. The summed E-state index contributed by atoms with van der Waals surface area (Å²) in [5.41, 5.74) is 2.18. The lowest BCUT2D eigenvalue weighted by Gasteiger charge is -2.13. The number of fused-ring (bicyclic) bond motifs is 1. The molecule has 6 nitrogen and oxygen atoms in total. The molecule has 1 saturated heterocycles. The summed E-state index contributed by atoms with van der Waals surface area (Å²) >= 11 is 6.54. The van der Waals surface area contributed by atoms with Gasteiger partial charge < -0.3 is 4.74 Å². The van der Waals surface area contributed by atoms with E-state index in [-0.39, 0.29) is 11.6 Å². The van der Waals surface area contributed by atoms with Crippen LogP contribution < -0.4 is 9.64 Å². The van der Waals surface area contributed by atoms with E-state index in [4.69, 9.17) is 17.0 Å². The van der Waals surface area contributed by atoms with Crippen LogP contribution in [-0.4, -0.2) is 15.2 Å². The van der Waals surface area contributed by atoms with Crippen LogP contribution in [0.5, 0.6) is 5.75 Å². The van der Waals surface area contributed by atoms with Gasteiger partial charge in [-0.25, -0.2) is 0 Å². The van der Waals surface area contributed by atoms with Crippen LogP contribution >= 0.6 is 24.0 Å². The van der Waals surface area contributed by atoms with Gasteiger partial charge in [-0.05, 0) is 52.2 Å². The number of nitro benzene ring substituents is 1. The summed E-state index contributed by atoms with van der Waals surface area (Å²) in [6.45, 7) is 0.450. The van der Waals surface area contributed by atoms with Crippen molar-refractivity contribution in [3.63, 3.8) is 0 Å². The minimum Gasteiger partial charge on any atom is -0.489 e. The SMILES string of the molecule is O=C1/C(=C\c2ccc(OCc3ccc4ccccc4c3)cc2)SC(=S)N1c1cccc([N+](=O)[O-])c1. The fraction of sp³-hybridized carbons (Fsp3) is 0.0370. The van der Waals surface area contributed by atoms with Gasteiger partial charge in [0, 0.05) is 12.1 Å². The molecule has 5 rings (SSSR count). The molecule has 1 aliphatic heterocycles. The maximum absolute atomic E-state index is 13.0. The van der Waals surface area contributed by atoms with E-state index in [1.165, 1.54) is 45.6 Å². The van der Waals surface area contributed by atoms with E-state index in [0.29, 0.717) is 21.5 Å². The van der Waals surface area contributed by atoms with Crippen LogP contribution in [0.2, 0.25) is 0 Å². The molecule has 1 fully saturated rings. The van der Waals surface area contributed by atoms with Crippen LogP contribution in [0.4, 0.5) is 11.4 Å². The van der Waals surface area contributed by atoms with E-state index < -0.39 is 4.92 Å². The normalized spacial score (nSPS) is 14.6. The number of carbonyl (C=O) groups excluding carboxylic acids is 1. The third-order valence-electron chi connectivity index (χ3n) is 5.49. The lowest BCUT2D eigenvalue weighted by molar-refractivity contribution is -0.384. The number of benzene rings is 4. The van der Waals surface area contributed by atoms with Crippen LogP contribution in [0.1, 0.15) is 11.1 Å². The van der Waals surface area contributed by atoms with Gasteiger partial charge in [-0.2, -0.15) is 0 Å². The minimum absolute atomic E-state index is 0.0974. The third-order valence-corrected chi connectivity index (χ3v) is 6.79. The first-order valence-corrected chi connectivity index (χ1v) is 11.9. The third kappa shape index (κ3) is 4.94. The maximum atomic E-state index is 13.0. The standard InChI is InChI=1S/C27H18N2O4S2/c30-26-25(35-27(34)28(26)22-6-3-7-23(16-22)29(31)32)15-18-9-12-24(13-10-18)33-17-19-8-11-20-4-1-2-5-21(20)14-19/h1-16H,17H2/b25-15+. The quantitative estimate of drug-likeness (QED) is 0.127. The highest BCUT2D eigenvalue weighted by Crippen LogP contribution is 2.37. The number of amides is 1. The molecule has 1 amide bonds. The molecule has 0 N–H and O–H groups in total. The average Bonchev–Trinajstić information content (AvgIpc) is 3.15. The number of rotatable bonds is 6. The molecule has 0 atom stereocenters. The first-order chi connectivity index (χ1) is 17.0. The first-order valence-electron chi connectivity index (χ1n) is 10.7. The Balaban J connectivity index is 1.27. The van der Waals surface area contributed by atoms with Crippen LogP contribution in [0, 0.1) is 10.1 Å². The predicted octanol–water partition coefficient (Wildman–Crippen LogP) is 6.73. The molecule has 8 heteroatoms. The zero-order valence-corrected chi connectivity index (χ0v) is 19.9. The van der Waals surface area contributed by atoms with Gasteiger partial charge in [0.05, 0.1) is 15.5 Å². The number of non-ortho nitro benzene ring substituents is 1. The van der Waals surface area contributed by atoms with Gasteiger partial charge in [-0.3, -0.25) is 19.8 Å². The Kier molecular flexibility index (Phi) is 6.31. The van der Waals surface area contributed by atoms with E-state index in [1.807, 2.05) is 36.4 Å². The van der Waals surface area contributed by atoms with Gasteiger partial charge in [-0.15, -0.1) is 0 Å². The second kappa shape index (κ2) is 9.69. The van der Waals surface area contributed by atoms with Gasteiger partial charge in [0.25, 0.3) is 11.6 Å². The number of hydrogen-bond acceptors (Lipinski definition) is 6. The number of thiocarbonyl (C=S) groups is 1. The van der Waals surface area contributed by atoms with Gasteiger partial charge in [0.15, 0.2) is 4.32 Å². The van der Waals surface area contributed by atoms with Crippen molar-refractivity contribution in [1.29, 1.82) is 0 Å². The fourth-order valence-corrected chi connectivity index (χ4v) is 5.04. The summed E-state index contributed by atoms with van der Waals surface area (Å²) in [7, 11) is 0. The summed E-state index contributed by atoms with van der Waals surface area (Å²) in [5, 5.41) is 13.4. The highest BCUT2D eigenvalue weighted by molar-refractivity contribution is 8.27. The van der Waals surface area contributed by atoms with Crippen molar-refractivity contribution in [3.05, 3.63) is 117 Å². The zero-order chi connectivity index (χ0) is 24.4. The highest BCUT2D eigenvalue weighted by atomic mass is 32.2. The van der Waals surface area contributed by atoms with Crippen molar-refractivity contribution < 1.29 is 14.5 Å². The van der Waals surface area contributed by atoms with E-state index in [2.05, 4.69) is 30.3 Å². The molecule has 0 unspecified atom stereocenters. The number of anilines is 1. The number of carbonyl (C=O) groups is 1. The lowest BCUT2D eigenvalue weighted by atomic mass is 10.1. The second-order valence-electron chi connectivity index (χ2n) is 7.83. The number of thioether (sulfide) groups is 1.